The number of aryl methyl sites for hydroxylation is 3. The summed E-state index contributed by atoms with van der Waals surface area (Å²) in [6.07, 6.45) is 0.181. The molecule has 1 aromatic carbocycles. The Balaban J connectivity index is 1.99. The second-order valence-corrected chi connectivity index (χ2v) is 4.91. The molecule has 0 bridgehead atoms. The Kier molecular flexibility index (Phi) is 4.37. The molecule has 1 amide bonds. The van der Waals surface area contributed by atoms with E-state index in [0.29, 0.717) is 5.69 Å². The molecule has 0 radical (unpaired) electrons. The van der Waals surface area contributed by atoms with Gasteiger partial charge >= 0.3 is 0 Å². The average Bonchev–Trinajstić information content (AvgIpc) is 2.43. The highest BCUT2D eigenvalue weighted by Crippen LogP contribution is 2.17. The van der Waals surface area contributed by atoms with E-state index in [1.807, 2.05) is 6.92 Å². The van der Waals surface area contributed by atoms with Crippen molar-refractivity contribution in [3.05, 3.63) is 51.9 Å². The van der Waals surface area contributed by atoms with Crippen LogP contribution in [0.2, 0.25) is 0 Å². The van der Waals surface area contributed by atoms with Crippen molar-refractivity contribution in [1.82, 2.24) is 9.78 Å². The first-order chi connectivity index (χ1) is 9.95. The molecule has 6 nitrogen and oxygen atoms in total. The van der Waals surface area contributed by atoms with Gasteiger partial charge in [0.15, 0.2) is 0 Å². The third kappa shape index (κ3) is 3.92. The molecular formula is C15H18N4O2. The predicted molar refractivity (Wildman–Crippen MR) is 82.1 cm³/mol. The maximum atomic E-state index is 11.9. The summed E-state index contributed by atoms with van der Waals surface area (Å²) in [7, 11) is 0. The Morgan fingerprint density at radius 1 is 1.29 bits per heavy atom. The van der Waals surface area contributed by atoms with E-state index in [1.165, 1.54) is 10.7 Å². The number of carbonyl (C=O) groups is 1. The van der Waals surface area contributed by atoms with E-state index in [1.54, 1.807) is 31.2 Å². The maximum absolute atomic E-state index is 11.9. The van der Waals surface area contributed by atoms with E-state index < -0.39 is 0 Å². The van der Waals surface area contributed by atoms with E-state index in [-0.39, 0.29) is 24.4 Å². The van der Waals surface area contributed by atoms with Crippen LogP contribution >= 0.6 is 0 Å². The van der Waals surface area contributed by atoms with Crippen molar-refractivity contribution in [1.29, 1.82) is 0 Å². The van der Waals surface area contributed by atoms with Crippen molar-refractivity contribution in [3.63, 3.8) is 0 Å². The molecule has 3 N–H and O–H groups in total. The zero-order valence-corrected chi connectivity index (χ0v) is 12.1. The van der Waals surface area contributed by atoms with Crippen molar-refractivity contribution in [2.24, 2.45) is 0 Å². The van der Waals surface area contributed by atoms with Gasteiger partial charge in [0.1, 0.15) is 0 Å². The molecule has 1 heterocycles. The molecule has 0 fully saturated rings. The molecule has 6 heteroatoms. The van der Waals surface area contributed by atoms with Gasteiger partial charge in [-0.05, 0) is 43.7 Å². The lowest BCUT2D eigenvalue weighted by molar-refractivity contribution is -0.116. The number of amides is 1. The Morgan fingerprint density at radius 3 is 2.76 bits per heavy atom. The molecule has 0 spiro atoms. The first-order valence-corrected chi connectivity index (χ1v) is 6.66. The van der Waals surface area contributed by atoms with Gasteiger partial charge in [-0.15, -0.1) is 0 Å². The molecule has 1 aromatic heterocycles. The molecule has 0 aliphatic carbocycles. The number of anilines is 2. The van der Waals surface area contributed by atoms with Crippen LogP contribution in [0.4, 0.5) is 11.4 Å². The topological polar surface area (TPSA) is 90.0 Å². The van der Waals surface area contributed by atoms with Gasteiger partial charge in [0, 0.05) is 23.9 Å². The number of carbonyl (C=O) groups excluding carboxylic acids is 1. The Bertz CT molecular complexity index is 722. The normalized spacial score (nSPS) is 10.4. The zero-order chi connectivity index (χ0) is 15.4. The van der Waals surface area contributed by atoms with Crippen LogP contribution in [-0.4, -0.2) is 15.7 Å². The second-order valence-electron chi connectivity index (χ2n) is 4.91. The summed E-state index contributed by atoms with van der Waals surface area (Å²) >= 11 is 0. The number of nitrogens with two attached hydrogens (primary N) is 1. The Hall–Kier alpha value is -2.63. The fraction of sp³-hybridized carbons (Fsp3) is 0.267. The van der Waals surface area contributed by atoms with Crippen LogP contribution in [0.15, 0.2) is 35.1 Å². The van der Waals surface area contributed by atoms with E-state index >= 15 is 0 Å². The average molecular weight is 286 g/mol. The van der Waals surface area contributed by atoms with Crippen LogP contribution in [0, 0.1) is 13.8 Å². The SMILES string of the molecule is Cc1ccc(=O)n(CCC(=O)Nc2ccc(N)cc2C)n1. The number of benzene rings is 1. The molecule has 0 saturated carbocycles. The van der Waals surface area contributed by atoms with Gasteiger partial charge in [-0.3, -0.25) is 9.59 Å². The van der Waals surface area contributed by atoms with Crippen LogP contribution in [0.3, 0.4) is 0 Å². The van der Waals surface area contributed by atoms with Crippen LogP contribution in [0.1, 0.15) is 17.7 Å². The van der Waals surface area contributed by atoms with Crippen molar-refractivity contribution < 1.29 is 4.79 Å². The quantitative estimate of drug-likeness (QED) is 0.833. The van der Waals surface area contributed by atoms with Gasteiger partial charge in [-0.1, -0.05) is 0 Å². The van der Waals surface area contributed by atoms with Gasteiger partial charge in [0.25, 0.3) is 5.56 Å². The van der Waals surface area contributed by atoms with Gasteiger partial charge in [0.2, 0.25) is 5.91 Å². The number of hydrogen-bond acceptors (Lipinski definition) is 4. The summed E-state index contributed by atoms with van der Waals surface area (Å²) in [5, 5.41) is 6.89. The van der Waals surface area contributed by atoms with E-state index in [4.69, 9.17) is 5.73 Å². The Labute approximate surface area is 122 Å². The summed E-state index contributed by atoms with van der Waals surface area (Å²) < 4.78 is 1.30. The van der Waals surface area contributed by atoms with E-state index in [2.05, 4.69) is 10.4 Å². The van der Waals surface area contributed by atoms with Crippen LogP contribution in [0.25, 0.3) is 0 Å². The fourth-order valence-electron chi connectivity index (χ4n) is 1.96. The third-order valence-corrected chi connectivity index (χ3v) is 3.08. The molecule has 0 aliphatic rings. The maximum Gasteiger partial charge on any atom is 0.266 e. The largest absolute Gasteiger partial charge is 0.399 e. The molecule has 2 aromatic rings. The van der Waals surface area contributed by atoms with Crippen LogP contribution < -0.4 is 16.6 Å². The smallest absolute Gasteiger partial charge is 0.266 e. The number of rotatable bonds is 4. The number of nitrogens with zero attached hydrogens (tertiary/aromatic N) is 2. The third-order valence-electron chi connectivity index (χ3n) is 3.08. The number of aromatic nitrogens is 2. The van der Waals surface area contributed by atoms with Crippen LogP contribution in [-0.2, 0) is 11.3 Å². The minimum Gasteiger partial charge on any atom is -0.399 e. The molecule has 0 atom stereocenters. The van der Waals surface area contributed by atoms with Crippen LogP contribution in [0.5, 0.6) is 0 Å². The highest BCUT2D eigenvalue weighted by Gasteiger charge is 2.06. The minimum atomic E-state index is -0.211. The zero-order valence-electron chi connectivity index (χ0n) is 12.1. The molecule has 2 rings (SSSR count). The summed E-state index contributed by atoms with van der Waals surface area (Å²) in [4.78, 5) is 23.5. The molecule has 0 saturated heterocycles. The number of hydrogen-bond donors (Lipinski definition) is 2. The van der Waals surface area contributed by atoms with Crippen molar-refractivity contribution in [2.75, 3.05) is 11.1 Å². The van der Waals surface area contributed by atoms with Gasteiger partial charge in [0.05, 0.1) is 12.2 Å². The van der Waals surface area contributed by atoms with Gasteiger partial charge in [-0.2, -0.15) is 5.10 Å². The fourth-order valence-corrected chi connectivity index (χ4v) is 1.96. The molecule has 0 unspecified atom stereocenters. The number of nitrogen functional groups attached to an aromatic ring is 1. The van der Waals surface area contributed by atoms with E-state index in [9.17, 15) is 9.59 Å². The van der Waals surface area contributed by atoms with Gasteiger partial charge < -0.3 is 11.1 Å². The Morgan fingerprint density at radius 2 is 2.05 bits per heavy atom. The minimum absolute atomic E-state index is 0.168. The summed E-state index contributed by atoms with van der Waals surface area (Å²) in [6.45, 7) is 3.92. The van der Waals surface area contributed by atoms with Crippen molar-refractivity contribution in [2.45, 2.75) is 26.8 Å². The second kappa shape index (κ2) is 6.21. The highest BCUT2D eigenvalue weighted by atomic mass is 16.2. The lowest BCUT2D eigenvalue weighted by Gasteiger charge is -2.09. The lowest BCUT2D eigenvalue weighted by Crippen LogP contribution is -2.25. The van der Waals surface area contributed by atoms with Gasteiger partial charge in [-0.25, -0.2) is 4.68 Å². The number of nitrogens with one attached hydrogen (secondary N) is 1. The molecular weight excluding hydrogens is 268 g/mol. The summed E-state index contributed by atoms with van der Waals surface area (Å²) in [6, 6.07) is 8.39. The first kappa shape index (κ1) is 14.8. The molecule has 21 heavy (non-hydrogen) atoms. The summed E-state index contributed by atoms with van der Waals surface area (Å²) in [5.74, 6) is -0.168. The van der Waals surface area contributed by atoms with Crippen molar-refractivity contribution in [3.8, 4) is 0 Å². The monoisotopic (exact) mass is 286 g/mol. The van der Waals surface area contributed by atoms with E-state index in [0.717, 1.165) is 16.9 Å². The van der Waals surface area contributed by atoms with Crippen molar-refractivity contribution >= 4 is 17.3 Å². The standard InChI is InChI=1S/C15H18N4O2/c1-10-9-12(16)4-5-13(10)17-14(20)7-8-19-15(21)6-3-11(2)18-19/h3-6,9H,7-8,16H2,1-2H3,(H,17,20). The highest BCUT2D eigenvalue weighted by molar-refractivity contribution is 5.91. The first-order valence-electron chi connectivity index (χ1n) is 6.66. The summed E-state index contributed by atoms with van der Waals surface area (Å²) in [5.41, 5.74) is 8.47. The predicted octanol–water partition coefficient (Wildman–Crippen LogP) is 1.47. The molecule has 110 valence electrons. The lowest BCUT2D eigenvalue weighted by atomic mass is 10.2. The molecule has 0 aliphatic heterocycles.